The molecule has 1 aromatic carbocycles. The van der Waals surface area contributed by atoms with Crippen LogP contribution in [0.3, 0.4) is 0 Å². The first-order valence-corrected chi connectivity index (χ1v) is 18.8. The first-order valence-electron chi connectivity index (χ1n) is 17.9. The van der Waals surface area contributed by atoms with Gasteiger partial charge in [-0.3, -0.25) is 0 Å². The van der Waals surface area contributed by atoms with E-state index in [1.807, 2.05) is 0 Å². The monoisotopic (exact) mass is 894 g/mol. The van der Waals surface area contributed by atoms with Crippen LogP contribution in [0.15, 0.2) is 42.7 Å². The maximum atomic E-state index is 13.8. The molecule has 0 radical (unpaired) electrons. The largest absolute Gasteiger partial charge is 0.487 e. The van der Waals surface area contributed by atoms with Crippen molar-refractivity contribution in [1.29, 1.82) is 0 Å². The molecule has 60 heavy (non-hydrogen) atoms. The molecule has 1 saturated carbocycles. The molecule has 1 aliphatic carbocycles. The molecular formula is C35H38F8N2O14S. The first-order chi connectivity index (χ1) is 28.2. The van der Waals surface area contributed by atoms with Crippen molar-refractivity contribution in [2.75, 3.05) is 13.2 Å². The van der Waals surface area contributed by atoms with E-state index >= 15 is 0 Å². The van der Waals surface area contributed by atoms with Crippen LogP contribution in [0.25, 0.3) is 0 Å². The molecule has 2 aromatic heterocycles. The molecule has 334 valence electrons. The van der Waals surface area contributed by atoms with Crippen molar-refractivity contribution in [3.05, 3.63) is 63.7 Å². The van der Waals surface area contributed by atoms with Crippen LogP contribution in [0, 0.1) is 0 Å². The highest BCUT2D eigenvalue weighted by molar-refractivity contribution is 7.11. The summed E-state index contributed by atoms with van der Waals surface area (Å²) in [6.07, 6.45) is -27.4. The van der Waals surface area contributed by atoms with Crippen LogP contribution in [0.2, 0.25) is 0 Å². The number of ether oxygens (including phenoxy) is 6. The predicted molar refractivity (Wildman–Crippen MR) is 182 cm³/mol. The highest BCUT2D eigenvalue weighted by atomic mass is 32.1. The summed E-state index contributed by atoms with van der Waals surface area (Å²) in [6, 6.07) is 6.14. The Hall–Kier alpha value is -3.60. The number of nitrogens with zero attached hydrogens (tertiary/aromatic N) is 2. The lowest BCUT2D eigenvalue weighted by molar-refractivity contribution is -0.376. The fraction of sp³-hybridized carbons (Fsp3) is 0.600. The average molecular weight is 895 g/mol. The lowest BCUT2D eigenvalue weighted by Crippen LogP contribution is -2.65. The summed E-state index contributed by atoms with van der Waals surface area (Å²) in [6.45, 7) is -4.94. The van der Waals surface area contributed by atoms with E-state index < -0.39 is 110 Å². The van der Waals surface area contributed by atoms with Gasteiger partial charge in [0.15, 0.2) is 17.8 Å². The van der Waals surface area contributed by atoms with Crippen LogP contribution >= 0.6 is 11.3 Å². The predicted octanol–water partition coefficient (Wildman–Crippen LogP) is 1.37. The summed E-state index contributed by atoms with van der Waals surface area (Å²) in [5.41, 5.74) is -4.93. The standard InChI is InChI=1S/C35H38F8N2O14S/c36-32(37)57-17-5-2-14(8-18(17)54-15-3-4-15)16(21-10-45-31(60-21)33(53,34(38,39)40)35(41,42)43)7-13-1-6-22(44-9-13)58-29-27(52)25(50)28(20(12-47)56-29)59-30-26(51)24(49)23(48)19(11-46)55-30/h1-2,5-6,8-10,15-16,19-20,23-30,32,46-53H,3-4,7,11-12H2/t16-,19+,20+,23+,24-,25+,26?,27+,28+,29-,30?/m0/s1. The summed E-state index contributed by atoms with van der Waals surface area (Å²) in [4.78, 5) is 7.19. The van der Waals surface area contributed by atoms with Gasteiger partial charge in [0.1, 0.15) is 53.8 Å². The van der Waals surface area contributed by atoms with Crippen LogP contribution in [0.1, 0.15) is 39.8 Å². The van der Waals surface area contributed by atoms with Gasteiger partial charge in [0.05, 0.1) is 19.3 Å². The van der Waals surface area contributed by atoms with E-state index in [1.165, 1.54) is 30.5 Å². The Morgan fingerprint density at radius 1 is 0.750 bits per heavy atom. The minimum Gasteiger partial charge on any atom is -0.487 e. The maximum absolute atomic E-state index is 13.8. The van der Waals surface area contributed by atoms with Gasteiger partial charge in [0, 0.05) is 29.3 Å². The van der Waals surface area contributed by atoms with Gasteiger partial charge in [0.25, 0.3) is 0 Å². The van der Waals surface area contributed by atoms with Gasteiger partial charge in [0.2, 0.25) is 12.2 Å². The topological polar surface area (TPSA) is 243 Å². The molecule has 3 aromatic rings. The number of rotatable bonds is 15. The van der Waals surface area contributed by atoms with Crippen molar-refractivity contribution in [2.24, 2.45) is 0 Å². The number of halogens is 8. The fourth-order valence-electron chi connectivity index (χ4n) is 6.40. The smallest absolute Gasteiger partial charge is 0.433 e. The van der Waals surface area contributed by atoms with E-state index in [0.717, 1.165) is 6.07 Å². The lowest BCUT2D eigenvalue weighted by atomic mass is 9.91. The number of alkyl halides is 8. The Morgan fingerprint density at radius 2 is 1.40 bits per heavy atom. The van der Waals surface area contributed by atoms with Crippen LogP contribution in [0.4, 0.5) is 35.1 Å². The van der Waals surface area contributed by atoms with Crippen molar-refractivity contribution in [1.82, 2.24) is 9.97 Å². The van der Waals surface area contributed by atoms with Crippen LogP contribution < -0.4 is 14.2 Å². The zero-order valence-electron chi connectivity index (χ0n) is 30.4. The molecule has 6 rings (SSSR count). The summed E-state index contributed by atoms with van der Waals surface area (Å²) in [5.74, 6) is -2.00. The quantitative estimate of drug-likeness (QED) is 0.101. The molecule has 2 unspecified atom stereocenters. The highest BCUT2D eigenvalue weighted by Crippen LogP contribution is 2.52. The number of hydrogen-bond donors (Lipinski definition) is 8. The second-order valence-corrected chi connectivity index (χ2v) is 15.1. The summed E-state index contributed by atoms with van der Waals surface area (Å²) < 4.78 is 141. The lowest BCUT2D eigenvalue weighted by Gasteiger charge is -2.45. The molecule has 11 atom stereocenters. The average Bonchev–Trinajstić information content (AvgIpc) is 3.88. The van der Waals surface area contributed by atoms with Gasteiger partial charge in [-0.15, -0.1) is 11.3 Å². The molecule has 2 saturated heterocycles. The van der Waals surface area contributed by atoms with Crippen molar-refractivity contribution < 1.29 is 104 Å². The van der Waals surface area contributed by atoms with Crippen LogP contribution in [0.5, 0.6) is 17.4 Å². The second-order valence-electron chi connectivity index (χ2n) is 14.1. The Labute approximate surface area is 337 Å². The third-order valence-corrected chi connectivity index (χ3v) is 11.1. The molecular weight excluding hydrogens is 856 g/mol. The van der Waals surface area contributed by atoms with E-state index in [-0.39, 0.29) is 57.2 Å². The van der Waals surface area contributed by atoms with Gasteiger partial charge < -0.3 is 69.3 Å². The zero-order valence-corrected chi connectivity index (χ0v) is 31.3. The van der Waals surface area contributed by atoms with Gasteiger partial charge in [-0.2, -0.15) is 35.1 Å². The molecule has 0 bridgehead atoms. The summed E-state index contributed by atoms with van der Waals surface area (Å²) in [5, 5.41) is 80.0. The van der Waals surface area contributed by atoms with Crippen molar-refractivity contribution in [2.45, 2.75) is 117 Å². The number of hydrogen-bond acceptors (Lipinski definition) is 17. The first kappa shape index (κ1) is 45.9. The minimum absolute atomic E-state index is 0.0890. The summed E-state index contributed by atoms with van der Waals surface area (Å²) >= 11 is -0.0890. The van der Waals surface area contributed by atoms with Crippen LogP contribution in [-0.2, 0) is 26.2 Å². The molecule has 25 heteroatoms. The fourth-order valence-corrected chi connectivity index (χ4v) is 7.58. The molecule has 3 fully saturated rings. The SMILES string of the molecule is OC[C@H]1OC(O[C@H]2[C@H](O)[C@@H](O)[C@H](Oc3ccc(C[C@@H](c4ccc(OC(F)F)c(OC5CC5)c4)c4cnc(C(O)(C(F)(F)F)C(F)(F)F)s4)cn3)O[C@@H]2CO)C(O)[C@@H](O)[C@@H]1O. The third-order valence-electron chi connectivity index (χ3n) is 9.84. The van der Waals surface area contributed by atoms with Gasteiger partial charge in [-0.25, -0.2) is 9.97 Å². The van der Waals surface area contributed by atoms with Crippen molar-refractivity contribution >= 4 is 11.3 Å². The Bertz CT molecular complexity index is 1870. The zero-order chi connectivity index (χ0) is 43.9. The van der Waals surface area contributed by atoms with Gasteiger partial charge in [-0.1, -0.05) is 12.1 Å². The Balaban J connectivity index is 1.23. The third kappa shape index (κ3) is 9.56. The van der Waals surface area contributed by atoms with Gasteiger partial charge >= 0.3 is 24.6 Å². The van der Waals surface area contributed by atoms with Gasteiger partial charge in [-0.05, 0) is 42.5 Å². The maximum Gasteiger partial charge on any atom is 0.433 e. The molecule has 0 amide bonds. The molecule has 3 aliphatic rings. The Kier molecular flexibility index (Phi) is 13.8. The second kappa shape index (κ2) is 18.0. The van der Waals surface area contributed by atoms with Crippen molar-refractivity contribution in [3.8, 4) is 17.4 Å². The Morgan fingerprint density at radius 3 is 1.98 bits per heavy atom. The number of aliphatic hydroxyl groups is 8. The molecule has 0 spiro atoms. The number of thiazole rings is 1. The summed E-state index contributed by atoms with van der Waals surface area (Å²) in [7, 11) is 0. The van der Waals surface area contributed by atoms with E-state index in [2.05, 4.69) is 14.7 Å². The van der Waals surface area contributed by atoms with E-state index in [9.17, 15) is 76.0 Å². The minimum atomic E-state index is -6.23. The molecule has 2 aliphatic heterocycles. The molecule has 4 heterocycles. The molecule has 8 N–H and O–H groups in total. The van der Waals surface area contributed by atoms with E-state index in [0.29, 0.717) is 19.0 Å². The van der Waals surface area contributed by atoms with E-state index in [1.54, 1.807) is 0 Å². The highest BCUT2D eigenvalue weighted by Gasteiger charge is 2.73. The van der Waals surface area contributed by atoms with Crippen LogP contribution in [-0.4, -0.2) is 151 Å². The number of pyridine rings is 1. The van der Waals surface area contributed by atoms with E-state index in [4.69, 9.17) is 23.7 Å². The number of benzene rings is 1. The number of aromatic nitrogens is 2. The normalized spacial score (nSPS) is 29.7. The van der Waals surface area contributed by atoms with Crippen molar-refractivity contribution in [3.63, 3.8) is 0 Å². The number of aliphatic hydroxyl groups excluding tert-OH is 7. The molecule has 16 nitrogen and oxygen atoms in total.